The van der Waals surface area contributed by atoms with E-state index in [1.807, 2.05) is 67.6 Å². The molecule has 0 saturated heterocycles. The minimum Gasteiger partial charge on any atom is -0.497 e. The molecule has 0 saturated carbocycles. The molecule has 1 aliphatic heterocycles. The van der Waals surface area contributed by atoms with Gasteiger partial charge in [0.25, 0.3) is 0 Å². The Morgan fingerprint density at radius 2 is 1.82 bits per heavy atom. The highest BCUT2D eigenvalue weighted by Gasteiger charge is 2.38. The summed E-state index contributed by atoms with van der Waals surface area (Å²) in [6.45, 7) is 4.51. The lowest BCUT2D eigenvalue weighted by molar-refractivity contribution is -0.122. The number of nitrogens with zero attached hydrogens (tertiary/aromatic N) is 3. The van der Waals surface area contributed by atoms with Gasteiger partial charge in [-0.2, -0.15) is 5.10 Å². The van der Waals surface area contributed by atoms with Crippen LogP contribution in [0.25, 0.3) is 16.9 Å². The molecule has 40 heavy (non-hydrogen) atoms. The minimum absolute atomic E-state index is 0.102. The van der Waals surface area contributed by atoms with Crippen molar-refractivity contribution in [2.45, 2.75) is 25.5 Å². The number of aryl methyl sites for hydroxylation is 1. The lowest BCUT2D eigenvalue weighted by Gasteiger charge is -2.23. The molecule has 0 bridgehead atoms. The molecule has 2 heterocycles. The van der Waals surface area contributed by atoms with Crippen molar-refractivity contribution in [2.24, 2.45) is 0 Å². The van der Waals surface area contributed by atoms with Crippen LogP contribution in [0.1, 0.15) is 35.3 Å². The van der Waals surface area contributed by atoms with E-state index in [0.29, 0.717) is 23.1 Å². The maximum Gasteiger partial charge on any atom is 0.240 e. The number of methoxy groups -OCH3 is 1. The Bertz CT molecular complexity index is 1520. The Morgan fingerprint density at radius 1 is 1.10 bits per heavy atom. The molecule has 1 N–H and O–H groups in total. The van der Waals surface area contributed by atoms with Crippen LogP contribution in [-0.2, 0) is 9.59 Å². The Labute approximate surface area is 243 Å². The molecule has 0 radical (unpaired) electrons. The van der Waals surface area contributed by atoms with Crippen LogP contribution < -0.4 is 15.0 Å². The van der Waals surface area contributed by atoms with Crippen LogP contribution in [0.4, 0.5) is 5.82 Å². The molecule has 3 aromatic carbocycles. The molecule has 1 atom stereocenters. The first kappa shape index (κ1) is 27.8. The van der Waals surface area contributed by atoms with Crippen LogP contribution in [-0.4, -0.2) is 47.5 Å². The average Bonchev–Trinajstić information content (AvgIpc) is 3.29. The lowest BCUT2D eigenvalue weighted by Crippen LogP contribution is -2.42. The van der Waals surface area contributed by atoms with Crippen LogP contribution in [0.15, 0.2) is 72.8 Å². The number of hydrogen-bond donors (Lipinski definition) is 1. The zero-order valence-corrected chi connectivity index (χ0v) is 24.3. The summed E-state index contributed by atoms with van der Waals surface area (Å²) in [6.07, 6.45) is 0.806. The van der Waals surface area contributed by atoms with Crippen LogP contribution >= 0.6 is 23.4 Å². The van der Waals surface area contributed by atoms with Gasteiger partial charge >= 0.3 is 0 Å². The number of fused-ring (bicyclic) bond motifs is 1. The van der Waals surface area contributed by atoms with Crippen LogP contribution in [0.3, 0.4) is 0 Å². The Morgan fingerprint density at radius 3 is 2.50 bits per heavy atom. The topological polar surface area (TPSA) is 76.5 Å². The molecule has 206 valence electrons. The highest BCUT2D eigenvalue weighted by atomic mass is 35.5. The van der Waals surface area contributed by atoms with Gasteiger partial charge < -0.3 is 10.1 Å². The maximum absolute atomic E-state index is 13.8. The second-order valence-electron chi connectivity index (χ2n) is 9.58. The zero-order valence-electron chi connectivity index (χ0n) is 22.7. The van der Waals surface area contributed by atoms with Crippen molar-refractivity contribution < 1.29 is 14.3 Å². The first-order valence-corrected chi connectivity index (χ1v) is 14.6. The molecule has 2 amide bonds. The second-order valence-corrected chi connectivity index (χ2v) is 11.1. The molecule has 0 unspecified atom stereocenters. The highest BCUT2D eigenvalue weighted by molar-refractivity contribution is 8.00. The van der Waals surface area contributed by atoms with Crippen molar-refractivity contribution in [2.75, 3.05) is 30.9 Å². The third-order valence-corrected chi connectivity index (χ3v) is 8.36. The van der Waals surface area contributed by atoms with E-state index in [1.54, 1.807) is 28.5 Å². The largest absolute Gasteiger partial charge is 0.497 e. The van der Waals surface area contributed by atoms with Gasteiger partial charge in [0.1, 0.15) is 18.1 Å². The number of carbonyl (C=O) groups is 2. The van der Waals surface area contributed by atoms with Crippen LogP contribution in [0, 0.1) is 6.92 Å². The van der Waals surface area contributed by atoms with Gasteiger partial charge in [0, 0.05) is 22.7 Å². The van der Waals surface area contributed by atoms with Gasteiger partial charge in [-0.05, 0) is 60.9 Å². The fourth-order valence-corrected chi connectivity index (χ4v) is 6.25. The van der Waals surface area contributed by atoms with Crippen molar-refractivity contribution in [1.29, 1.82) is 0 Å². The Balaban J connectivity index is 1.79. The smallest absolute Gasteiger partial charge is 0.240 e. The van der Waals surface area contributed by atoms with E-state index in [2.05, 4.69) is 24.4 Å². The van der Waals surface area contributed by atoms with E-state index in [9.17, 15) is 9.59 Å². The van der Waals surface area contributed by atoms with Gasteiger partial charge in [0.2, 0.25) is 11.8 Å². The first-order valence-electron chi connectivity index (χ1n) is 13.2. The minimum atomic E-state index is -0.212. The van der Waals surface area contributed by atoms with E-state index in [4.69, 9.17) is 21.4 Å². The summed E-state index contributed by atoms with van der Waals surface area (Å²) in [7, 11) is 1.62. The monoisotopic (exact) mass is 574 g/mol. The van der Waals surface area contributed by atoms with Crippen LogP contribution in [0.5, 0.6) is 5.75 Å². The van der Waals surface area contributed by atoms with Crippen molar-refractivity contribution >= 4 is 41.0 Å². The summed E-state index contributed by atoms with van der Waals surface area (Å²) in [5.74, 6) is 1.16. The molecular formula is C31H31ClN4O3S. The van der Waals surface area contributed by atoms with Crippen molar-refractivity contribution in [1.82, 2.24) is 15.1 Å². The molecule has 1 aliphatic rings. The molecule has 0 aliphatic carbocycles. The van der Waals surface area contributed by atoms with Gasteiger partial charge in [-0.25, -0.2) is 4.68 Å². The van der Waals surface area contributed by atoms with Crippen molar-refractivity contribution in [3.63, 3.8) is 0 Å². The molecule has 0 fully saturated rings. The van der Waals surface area contributed by atoms with Gasteiger partial charge in [0.15, 0.2) is 0 Å². The van der Waals surface area contributed by atoms with Gasteiger partial charge in [0.05, 0.1) is 29.5 Å². The Kier molecular flexibility index (Phi) is 8.47. The molecule has 5 rings (SSSR count). The van der Waals surface area contributed by atoms with Gasteiger partial charge in [-0.3, -0.25) is 14.5 Å². The molecule has 4 aromatic rings. The lowest BCUT2D eigenvalue weighted by atomic mass is 9.97. The summed E-state index contributed by atoms with van der Waals surface area (Å²) < 4.78 is 7.16. The molecule has 1 aromatic heterocycles. The molecule has 7 nitrogen and oxygen atoms in total. The van der Waals surface area contributed by atoms with Crippen LogP contribution in [0.2, 0.25) is 5.02 Å². The third kappa shape index (κ3) is 5.60. The predicted octanol–water partition coefficient (Wildman–Crippen LogP) is 6.21. The number of hydrogen-bond acceptors (Lipinski definition) is 5. The molecular weight excluding hydrogens is 544 g/mol. The standard InChI is InChI=1S/C31H31ClN4O3S/c1-4-17-33-26(37)18-35-27(38)19-40-30(25-8-6-5-7-20(25)2)28-29(21-9-11-22(32)12-10-21)34-36(31(28)35)23-13-15-24(39-3)16-14-23/h5-16,30H,4,17-19H2,1-3H3,(H,33,37)/t30-/m1/s1. The number of anilines is 1. The SMILES string of the molecule is CCCNC(=O)CN1C(=O)CS[C@H](c2ccccc2C)c2c(-c3ccc(Cl)cc3)nn(-c3ccc(OC)cc3)c21. The predicted molar refractivity (Wildman–Crippen MR) is 162 cm³/mol. The molecule has 9 heteroatoms. The fraction of sp³-hybridized carbons (Fsp3) is 0.258. The van der Waals surface area contributed by atoms with E-state index in [0.717, 1.165) is 40.1 Å². The van der Waals surface area contributed by atoms with E-state index < -0.39 is 0 Å². The third-order valence-electron chi connectivity index (χ3n) is 6.87. The van der Waals surface area contributed by atoms with E-state index in [1.165, 1.54) is 0 Å². The highest BCUT2D eigenvalue weighted by Crippen LogP contribution is 2.49. The quantitative estimate of drug-likeness (QED) is 0.271. The second kappa shape index (κ2) is 12.2. The van der Waals surface area contributed by atoms with Crippen molar-refractivity contribution in [3.05, 3.63) is 94.5 Å². The first-order chi connectivity index (χ1) is 19.4. The number of ether oxygens (including phenoxy) is 1. The van der Waals surface area contributed by atoms with Gasteiger partial charge in [-0.1, -0.05) is 54.9 Å². The number of halogens is 1. The number of carbonyl (C=O) groups excluding carboxylic acids is 2. The summed E-state index contributed by atoms with van der Waals surface area (Å²) in [4.78, 5) is 28.4. The number of amides is 2. The number of nitrogens with one attached hydrogen (secondary N) is 1. The Hall–Kier alpha value is -3.75. The van der Waals surface area contributed by atoms with Gasteiger partial charge in [-0.15, -0.1) is 11.8 Å². The maximum atomic E-state index is 13.8. The number of rotatable bonds is 8. The van der Waals surface area contributed by atoms with Crippen molar-refractivity contribution in [3.8, 4) is 22.7 Å². The average molecular weight is 575 g/mol. The molecule has 0 spiro atoms. The number of benzene rings is 3. The normalized spacial score (nSPS) is 14.9. The van der Waals surface area contributed by atoms with E-state index in [-0.39, 0.29) is 29.4 Å². The number of aromatic nitrogens is 2. The van der Waals surface area contributed by atoms with E-state index >= 15 is 0 Å². The summed E-state index contributed by atoms with van der Waals surface area (Å²) >= 11 is 7.80. The number of thioether (sulfide) groups is 1. The summed E-state index contributed by atoms with van der Waals surface area (Å²) in [6, 6.07) is 23.3. The summed E-state index contributed by atoms with van der Waals surface area (Å²) in [5.41, 5.74) is 5.45. The fourth-order valence-electron chi connectivity index (χ4n) is 4.83. The zero-order chi connectivity index (χ0) is 28.2. The summed E-state index contributed by atoms with van der Waals surface area (Å²) in [5, 5.41) is 8.47.